The molecule has 110 valence electrons. The van der Waals surface area contributed by atoms with Crippen LogP contribution >= 0.6 is 12.6 Å². The first-order valence-corrected chi connectivity index (χ1v) is 7.92. The molecule has 0 bridgehead atoms. The number of rotatable bonds is 7. The van der Waals surface area contributed by atoms with Gasteiger partial charge in [0.1, 0.15) is 5.75 Å². The Bertz CT molecular complexity index is 643. The van der Waals surface area contributed by atoms with E-state index < -0.39 is 0 Å². The van der Waals surface area contributed by atoms with Gasteiger partial charge in [-0.2, -0.15) is 12.6 Å². The smallest absolute Gasteiger partial charge is 0.127 e. The molecule has 0 fully saturated rings. The monoisotopic (exact) mass is 298 g/mol. The summed E-state index contributed by atoms with van der Waals surface area (Å²) in [5, 5.41) is 2.45. The second kappa shape index (κ2) is 7.94. The zero-order valence-electron chi connectivity index (χ0n) is 12.5. The van der Waals surface area contributed by atoms with Gasteiger partial charge in [0.2, 0.25) is 0 Å². The van der Waals surface area contributed by atoms with Crippen molar-refractivity contribution in [2.75, 3.05) is 12.4 Å². The largest absolute Gasteiger partial charge is 0.493 e. The summed E-state index contributed by atoms with van der Waals surface area (Å²) in [7, 11) is 0. The van der Waals surface area contributed by atoms with Gasteiger partial charge in [-0.1, -0.05) is 54.6 Å². The Balaban J connectivity index is 2.00. The predicted octanol–water partition coefficient (Wildman–Crippen LogP) is 5.35. The van der Waals surface area contributed by atoms with E-state index in [1.54, 1.807) is 0 Å². The number of ether oxygens (including phenoxy) is 1. The van der Waals surface area contributed by atoms with E-state index in [0.29, 0.717) is 0 Å². The molecule has 0 aliphatic carbocycles. The van der Waals surface area contributed by atoms with Crippen LogP contribution in [0.5, 0.6) is 5.75 Å². The van der Waals surface area contributed by atoms with Gasteiger partial charge in [0.15, 0.2) is 0 Å². The quantitative estimate of drug-likeness (QED) is 0.412. The van der Waals surface area contributed by atoms with Crippen molar-refractivity contribution in [3.63, 3.8) is 0 Å². The summed E-state index contributed by atoms with van der Waals surface area (Å²) in [5.41, 5.74) is 2.58. The van der Waals surface area contributed by atoms with Crippen LogP contribution in [0.15, 0.2) is 60.7 Å². The van der Waals surface area contributed by atoms with Crippen LogP contribution in [0.1, 0.15) is 18.4 Å². The zero-order chi connectivity index (χ0) is 15.1. The lowest BCUT2D eigenvalue weighted by atomic mass is 10.1. The molecular formula is C19H22OS. The number of hydrogen-bond donors (Lipinski definition) is 1. The Morgan fingerprint density at radius 1 is 1.19 bits per heavy atom. The van der Waals surface area contributed by atoms with Crippen molar-refractivity contribution in [1.29, 1.82) is 0 Å². The van der Waals surface area contributed by atoms with Crippen molar-refractivity contribution in [3.8, 4) is 5.75 Å². The molecule has 0 aliphatic rings. The maximum Gasteiger partial charge on any atom is 0.127 e. The number of thiol groups is 1. The normalized spacial score (nSPS) is 11.6. The molecule has 0 aromatic heterocycles. The average Bonchev–Trinajstić information content (AvgIpc) is 2.51. The van der Waals surface area contributed by atoms with E-state index >= 15 is 0 Å². The van der Waals surface area contributed by atoms with Gasteiger partial charge in [0, 0.05) is 11.1 Å². The van der Waals surface area contributed by atoms with E-state index in [1.807, 2.05) is 18.2 Å². The van der Waals surface area contributed by atoms with Crippen LogP contribution in [-0.2, 0) is 0 Å². The van der Waals surface area contributed by atoms with Crippen LogP contribution < -0.4 is 4.74 Å². The highest BCUT2D eigenvalue weighted by atomic mass is 32.1. The van der Waals surface area contributed by atoms with Crippen LogP contribution in [0.4, 0.5) is 0 Å². The van der Waals surface area contributed by atoms with Gasteiger partial charge < -0.3 is 4.74 Å². The summed E-state index contributed by atoms with van der Waals surface area (Å²) in [4.78, 5) is 0. The Morgan fingerprint density at radius 2 is 1.95 bits per heavy atom. The first-order chi connectivity index (χ1) is 10.3. The van der Waals surface area contributed by atoms with E-state index in [2.05, 4.69) is 56.5 Å². The number of aryl methyl sites for hydroxylation is 1. The van der Waals surface area contributed by atoms with Gasteiger partial charge >= 0.3 is 0 Å². The Kier molecular flexibility index (Phi) is 5.94. The van der Waals surface area contributed by atoms with Crippen LogP contribution in [0.25, 0.3) is 10.8 Å². The van der Waals surface area contributed by atoms with Crippen molar-refractivity contribution < 1.29 is 4.74 Å². The molecule has 2 aromatic carbocycles. The van der Waals surface area contributed by atoms with Gasteiger partial charge in [-0.3, -0.25) is 0 Å². The molecule has 0 atom stereocenters. The minimum atomic E-state index is 0.718. The summed E-state index contributed by atoms with van der Waals surface area (Å²) in [5.74, 6) is 1.75. The zero-order valence-corrected chi connectivity index (χ0v) is 13.4. The van der Waals surface area contributed by atoms with Gasteiger partial charge in [0.05, 0.1) is 6.61 Å². The van der Waals surface area contributed by atoms with Gasteiger partial charge in [-0.05, 0) is 36.8 Å². The van der Waals surface area contributed by atoms with Crippen LogP contribution in [0.2, 0.25) is 0 Å². The minimum Gasteiger partial charge on any atom is -0.493 e. The molecule has 0 saturated carbocycles. The maximum absolute atomic E-state index is 5.97. The number of hydrogen-bond acceptors (Lipinski definition) is 2. The Hall–Kier alpha value is -1.67. The first kappa shape index (κ1) is 15.7. The summed E-state index contributed by atoms with van der Waals surface area (Å²) < 4.78 is 5.97. The molecule has 0 aliphatic heterocycles. The van der Waals surface area contributed by atoms with Crippen molar-refractivity contribution in [1.82, 2.24) is 0 Å². The third-order valence-electron chi connectivity index (χ3n) is 3.56. The SMILES string of the molecule is C=C/C=C(\CS)CCCOc1cccc2c(C)cccc12. The first-order valence-electron chi connectivity index (χ1n) is 7.28. The van der Waals surface area contributed by atoms with E-state index in [1.165, 1.54) is 21.9 Å². The van der Waals surface area contributed by atoms with Crippen molar-refractivity contribution >= 4 is 23.4 Å². The molecule has 0 unspecified atom stereocenters. The van der Waals surface area contributed by atoms with Crippen molar-refractivity contribution in [2.24, 2.45) is 0 Å². The minimum absolute atomic E-state index is 0.718. The Morgan fingerprint density at radius 3 is 2.71 bits per heavy atom. The molecule has 2 aromatic rings. The van der Waals surface area contributed by atoms with Crippen molar-refractivity contribution in [2.45, 2.75) is 19.8 Å². The fraction of sp³-hybridized carbons (Fsp3) is 0.263. The maximum atomic E-state index is 5.97. The fourth-order valence-electron chi connectivity index (χ4n) is 2.43. The van der Waals surface area contributed by atoms with Crippen molar-refractivity contribution in [3.05, 3.63) is 66.3 Å². The third-order valence-corrected chi connectivity index (χ3v) is 3.96. The van der Waals surface area contributed by atoms with E-state index in [4.69, 9.17) is 4.74 Å². The number of benzene rings is 2. The molecule has 0 spiro atoms. The van der Waals surface area contributed by atoms with E-state index in [-0.39, 0.29) is 0 Å². The summed E-state index contributed by atoms with van der Waals surface area (Å²) in [6, 6.07) is 12.6. The molecule has 2 heteroatoms. The third kappa shape index (κ3) is 4.15. The predicted molar refractivity (Wildman–Crippen MR) is 95.5 cm³/mol. The highest BCUT2D eigenvalue weighted by Crippen LogP contribution is 2.27. The molecule has 0 amide bonds. The van der Waals surface area contributed by atoms with Gasteiger partial charge in [0.25, 0.3) is 0 Å². The van der Waals surface area contributed by atoms with E-state index in [0.717, 1.165) is 31.0 Å². The molecule has 21 heavy (non-hydrogen) atoms. The second-order valence-electron chi connectivity index (χ2n) is 5.10. The molecule has 0 heterocycles. The lowest BCUT2D eigenvalue weighted by Gasteiger charge is -2.11. The highest BCUT2D eigenvalue weighted by molar-refractivity contribution is 7.80. The summed E-state index contributed by atoms with van der Waals surface area (Å²) >= 11 is 4.32. The Labute approximate surface area is 132 Å². The standard InChI is InChI=1S/C19H22OS/c1-3-7-16(14-21)9-6-13-20-19-12-5-10-17-15(2)8-4-11-18(17)19/h3-5,7-8,10-12,21H,1,6,9,13-14H2,2H3/b16-7-. The molecule has 0 N–H and O–H groups in total. The number of fused-ring (bicyclic) bond motifs is 1. The van der Waals surface area contributed by atoms with Crippen LogP contribution in [-0.4, -0.2) is 12.4 Å². The van der Waals surface area contributed by atoms with Gasteiger partial charge in [-0.15, -0.1) is 0 Å². The summed E-state index contributed by atoms with van der Waals surface area (Å²) in [6.45, 7) is 6.57. The molecule has 2 rings (SSSR count). The average molecular weight is 298 g/mol. The van der Waals surface area contributed by atoms with Crippen LogP contribution in [0, 0.1) is 6.92 Å². The van der Waals surface area contributed by atoms with Crippen LogP contribution in [0.3, 0.4) is 0 Å². The van der Waals surface area contributed by atoms with Gasteiger partial charge in [-0.25, -0.2) is 0 Å². The lowest BCUT2D eigenvalue weighted by molar-refractivity contribution is 0.314. The molecule has 0 radical (unpaired) electrons. The fourth-order valence-corrected chi connectivity index (χ4v) is 2.69. The second-order valence-corrected chi connectivity index (χ2v) is 5.41. The molecule has 0 saturated heterocycles. The topological polar surface area (TPSA) is 9.23 Å². The highest BCUT2D eigenvalue weighted by Gasteiger charge is 2.03. The molecular weight excluding hydrogens is 276 g/mol. The summed E-state index contributed by atoms with van der Waals surface area (Å²) in [6.07, 6.45) is 5.84. The van der Waals surface area contributed by atoms with E-state index in [9.17, 15) is 0 Å². The number of allylic oxidation sites excluding steroid dienone is 2. The molecule has 1 nitrogen and oxygen atoms in total. The lowest BCUT2D eigenvalue weighted by Crippen LogP contribution is -1.99.